The van der Waals surface area contributed by atoms with Gasteiger partial charge in [-0.2, -0.15) is 0 Å². The maximum Gasteiger partial charge on any atom is 0.305 e. The monoisotopic (exact) mass is 404 g/mol. The lowest BCUT2D eigenvalue weighted by Gasteiger charge is -2.18. The number of aliphatic carboxylic acids is 1. The van der Waals surface area contributed by atoms with Crippen LogP contribution in [-0.2, 0) is 9.59 Å². The van der Waals surface area contributed by atoms with Crippen LogP contribution >= 0.6 is 0 Å². The molecule has 0 aliphatic carbocycles. The third-order valence-corrected chi connectivity index (χ3v) is 4.70. The number of rotatable bonds is 4. The van der Waals surface area contributed by atoms with Crippen LogP contribution < -0.4 is 10.6 Å². The molecule has 2 aromatic carbocycles. The van der Waals surface area contributed by atoms with Crippen LogP contribution in [-0.4, -0.2) is 53.8 Å². The standard InChI is InChI=1S/C22H20N4O4/c1-25-18-8-7-15(6-5-14-3-2-4-16(11-14)21(23)24)12-17(18)22(30)26(13-19(25)27)10-9-20(28)29/h2-4,7-8,11-12H,9-10,13H2,1H3,(H3,23,24)(H,28,29). The van der Waals surface area contributed by atoms with E-state index in [9.17, 15) is 14.4 Å². The number of nitrogen functional groups attached to an aromatic ring is 1. The van der Waals surface area contributed by atoms with Gasteiger partial charge < -0.3 is 20.6 Å². The van der Waals surface area contributed by atoms with Crippen molar-refractivity contribution in [2.75, 3.05) is 25.0 Å². The van der Waals surface area contributed by atoms with Gasteiger partial charge in [0.15, 0.2) is 0 Å². The van der Waals surface area contributed by atoms with Crippen LogP contribution in [0.3, 0.4) is 0 Å². The molecular weight excluding hydrogens is 384 g/mol. The fourth-order valence-electron chi connectivity index (χ4n) is 3.04. The van der Waals surface area contributed by atoms with Gasteiger partial charge in [-0.3, -0.25) is 19.8 Å². The summed E-state index contributed by atoms with van der Waals surface area (Å²) in [6.07, 6.45) is -0.246. The zero-order valence-corrected chi connectivity index (χ0v) is 16.3. The normalized spacial score (nSPS) is 13.2. The van der Waals surface area contributed by atoms with Crippen molar-refractivity contribution in [3.05, 3.63) is 64.7 Å². The topological polar surface area (TPSA) is 128 Å². The Morgan fingerprint density at radius 1 is 1.17 bits per heavy atom. The number of likely N-dealkylation sites (N-methyl/N-ethyl adjacent to an activating group) is 1. The second-order valence-corrected chi connectivity index (χ2v) is 6.80. The second-order valence-electron chi connectivity index (χ2n) is 6.80. The zero-order valence-electron chi connectivity index (χ0n) is 16.3. The number of carboxylic acid groups (broad SMARTS) is 1. The van der Waals surface area contributed by atoms with Crippen molar-refractivity contribution >= 4 is 29.3 Å². The number of amides is 2. The van der Waals surface area contributed by atoms with Gasteiger partial charge in [0, 0.05) is 30.3 Å². The highest BCUT2D eigenvalue weighted by molar-refractivity contribution is 6.09. The molecule has 1 heterocycles. The molecule has 3 rings (SSSR count). The molecule has 4 N–H and O–H groups in total. The Labute approximate surface area is 173 Å². The third kappa shape index (κ3) is 4.47. The van der Waals surface area contributed by atoms with Crippen LogP contribution in [0.2, 0.25) is 0 Å². The largest absolute Gasteiger partial charge is 0.481 e. The molecule has 0 fully saturated rings. The molecule has 0 unspecified atom stereocenters. The Hall–Kier alpha value is -4.12. The Morgan fingerprint density at radius 3 is 2.53 bits per heavy atom. The van der Waals surface area contributed by atoms with Crippen LogP contribution in [0.5, 0.6) is 0 Å². The van der Waals surface area contributed by atoms with Crippen molar-refractivity contribution in [2.24, 2.45) is 5.73 Å². The maximum absolute atomic E-state index is 13.0. The number of hydrogen-bond donors (Lipinski definition) is 3. The van der Waals surface area contributed by atoms with Crippen molar-refractivity contribution in [1.29, 1.82) is 5.41 Å². The summed E-state index contributed by atoms with van der Waals surface area (Å²) in [5.41, 5.74) is 8.04. The number of fused-ring (bicyclic) bond motifs is 1. The van der Waals surface area contributed by atoms with Gasteiger partial charge in [0.25, 0.3) is 5.91 Å². The number of nitrogens with zero attached hydrogens (tertiary/aromatic N) is 2. The number of nitrogens with two attached hydrogens (primary N) is 1. The predicted molar refractivity (Wildman–Crippen MR) is 111 cm³/mol. The number of anilines is 1. The lowest BCUT2D eigenvalue weighted by Crippen LogP contribution is -2.38. The van der Waals surface area contributed by atoms with E-state index in [1.165, 1.54) is 9.80 Å². The van der Waals surface area contributed by atoms with E-state index in [-0.39, 0.29) is 36.8 Å². The molecule has 0 radical (unpaired) electrons. The van der Waals surface area contributed by atoms with Gasteiger partial charge >= 0.3 is 5.97 Å². The van der Waals surface area contributed by atoms with Crippen molar-refractivity contribution in [3.63, 3.8) is 0 Å². The average Bonchev–Trinajstić information content (AvgIpc) is 2.81. The number of nitrogens with one attached hydrogen (secondary N) is 1. The molecule has 0 atom stereocenters. The molecule has 8 nitrogen and oxygen atoms in total. The van der Waals surface area contributed by atoms with Gasteiger partial charge in [0.05, 0.1) is 17.7 Å². The van der Waals surface area contributed by atoms with Crippen molar-refractivity contribution in [3.8, 4) is 11.8 Å². The number of benzene rings is 2. The summed E-state index contributed by atoms with van der Waals surface area (Å²) < 4.78 is 0. The third-order valence-electron chi connectivity index (χ3n) is 4.70. The first-order valence-corrected chi connectivity index (χ1v) is 9.14. The molecule has 2 aromatic rings. The van der Waals surface area contributed by atoms with E-state index in [1.807, 2.05) is 0 Å². The smallest absolute Gasteiger partial charge is 0.305 e. The van der Waals surface area contributed by atoms with E-state index in [1.54, 1.807) is 49.5 Å². The van der Waals surface area contributed by atoms with E-state index in [0.717, 1.165) is 0 Å². The quantitative estimate of drug-likeness (QED) is 0.402. The van der Waals surface area contributed by atoms with Gasteiger partial charge in [-0.05, 0) is 30.3 Å². The summed E-state index contributed by atoms with van der Waals surface area (Å²) in [5, 5.41) is 16.4. The molecule has 0 bridgehead atoms. The van der Waals surface area contributed by atoms with Gasteiger partial charge in [-0.25, -0.2) is 0 Å². The molecule has 0 spiro atoms. The molecule has 30 heavy (non-hydrogen) atoms. The van der Waals surface area contributed by atoms with Crippen molar-refractivity contribution in [2.45, 2.75) is 6.42 Å². The summed E-state index contributed by atoms with van der Waals surface area (Å²) in [6, 6.07) is 11.9. The summed E-state index contributed by atoms with van der Waals surface area (Å²) in [7, 11) is 1.58. The lowest BCUT2D eigenvalue weighted by atomic mass is 10.1. The molecule has 0 saturated carbocycles. The molecule has 1 aliphatic rings. The SMILES string of the molecule is CN1C(=O)CN(CCC(=O)O)C(=O)c2cc(C#Cc3cccc(C(=N)N)c3)ccc21. The number of carbonyl (C=O) groups excluding carboxylic acids is 2. The molecule has 2 amide bonds. The Bertz CT molecular complexity index is 1110. The molecule has 0 aromatic heterocycles. The predicted octanol–water partition coefficient (Wildman–Crippen LogP) is 1.26. The minimum atomic E-state index is -1.04. The molecule has 1 aliphatic heterocycles. The Morgan fingerprint density at radius 2 is 1.87 bits per heavy atom. The average molecular weight is 404 g/mol. The van der Waals surface area contributed by atoms with E-state index in [4.69, 9.17) is 16.2 Å². The van der Waals surface area contributed by atoms with E-state index >= 15 is 0 Å². The minimum absolute atomic E-state index is 0.0524. The number of hydrogen-bond acceptors (Lipinski definition) is 4. The number of amidine groups is 1. The first-order chi connectivity index (χ1) is 14.3. The van der Waals surface area contributed by atoms with E-state index in [2.05, 4.69) is 11.8 Å². The summed E-state index contributed by atoms with van der Waals surface area (Å²) >= 11 is 0. The highest BCUT2D eigenvalue weighted by Crippen LogP contribution is 2.26. The van der Waals surface area contributed by atoms with Crippen molar-refractivity contribution in [1.82, 2.24) is 4.90 Å². The second kappa shape index (κ2) is 8.49. The summed E-state index contributed by atoms with van der Waals surface area (Å²) in [4.78, 5) is 38.9. The molecule has 152 valence electrons. The fraction of sp³-hybridized carbons (Fsp3) is 0.182. The van der Waals surface area contributed by atoms with Crippen molar-refractivity contribution < 1.29 is 19.5 Å². The van der Waals surface area contributed by atoms with Crippen LogP contribution in [0.4, 0.5) is 5.69 Å². The van der Waals surface area contributed by atoms with Crippen LogP contribution in [0.15, 0.2) is 42.5 Å². The van der Waals surface area contributed by atoms with Gasteiger partial charge in [0.2, 0.25) is 5.91 Å². The van der Waals surface area contributed by atoms with E-state index in [0.29, 0.717) is 22.4 Å². The first-order valence-electron chi connectivity index (χ1n) is 9.14. The van der Waals surface area contributed by atoms with Gasteiger partial charge in [-0.15, -0.1) is 0 Å². The molecule has 8 heteroatoms. The number of carbonyl (C=O) groups is 3. The highest BCUT2D eigenvalue weighted by Gasteiger charge is 2.30. The first kappa shape index (κ1) is 20.6. The fourth-order valence-corrected chi connectivity index (χ4v) is 3.04. The summed E-state index contributed by atoms with van der Waals surface area (Å²) in [5.74, 6) is 4.16. The molecular formula is C22H20N4O4. The van der Waals surface area contributed by atoms with Crippen LogP contribution in [0.25, 0.3) is 0 Å². The summed E-state index contributed by atoms with van der Waals surface area (Å²) in [6.45, 7) is -0.239. The lowest BCUT2D eigenvalue weighted by molar-refractivity contribution is -0.137. The minimum Gasteiger partial charge on any atom is -0.481 e. The number of carboxylic acids is 1. The van der Waals surface area contributed by atoms with E-state index < -0.39 is 11.9 Å². The Kier molecular flexibility index (Phi) is 5.83. The molecule has 0 saturated heterocycles. The van der Waals surface area contributed by atoms with Crippen LogP contribution in [0, 0.1) is 17.3 Å². The highest BCUT2D eigenvalue weighted by atomic mass is 16.4. The van der Waals surface area contributed by atoms with Crippen LogP contribution in [0.1, 0.15) is 33.5 Å². The maximum atomic E-state index is 13.0. The van der Waals surface area contributed by atoms with Gasteiger partial charge in [0.1, 0.15) is 12.4 Å². The Balaban J connectivity index is 1.95. The van der Waals surface area contributed by atoms with Gasteiger partial charge in [-0.1, -0.05) is 24.0 Å². The zero-order chi connectivity index (χ0) is 21.8.